The molecule has 1 aliphatic heterocycles. The van der Waals surface area contributed by atoms with Crippen LogP contribution in [0.2, 0.25) is 0 Å². The molecule has 0 bridgehead atoms. The van der Waals surface area contributed by atoms with E-state index in [2.05, 4.69) is 11.1 Å². The Labute approximate surface area is 136 Å². The maximum absolute atomic E-state index is 12.1. The number of carbonyl (C=O) groups is 1. The molecule has 2 heterocycles. The SMILES string of the molecule is CC(C)(C)OC(=O)N1CCC(c2cc3cc(N)ccc3[nH]2)CC1. The quantitative estimate of drug-likeness (QED) is 0.785. The molecule has 0 atom stereocenters. The number of likely N-dealkylation sites (tertiary alicyclic amines) is 1. The zero-order chi connectivity index (χ0) is 16.6. The molecule has 2 aromatic rings. The second-order valence-corrected chi connectivity index (χ2v) is 7.31. The molecular weight excluding hydrogens is 290 g/mol. The molecule has 3 rings (SSSR count). The van der Waals surface area contributed by atoms with E-state index in [0.29, 0.717) is 5.92 Å². The number of anilines is 1. The fraction of sp³-hybridized carbons (Fsp3) is 0.500. The summed E-state index contributed by atoms with van der Waals surface area (Å²) in [6.07, 6.45) is 1.68. The smallest absolute Gasteiger partial charge is 0.410 e. The highest BCUT2D eigenvalue weighted by molar-refractivity contribution is 5.83. The van der Waals surface area contributed by atoms with Gasteiger partial charge >= 0.3 is 6.09 Å². The van der Waals surface area contributed by atoms with Crippen molar-refractivity contribution in [1.29, 1.82) is 0 Å². The highest BCUT2D eigenvalue weighted by Crippen LogP contribution is 2.31. The number of aromatic amines is 1. The number of nitrogens with two attached hydrogens (primary N) is 1. The minimum Gasteiger partial charge on any atom is -0.444 e. The average molecular weight is 315 g/mol. The zero-order valence-corrected chi connectivity index (χ0v) is 14.1. The van der Waals surface area contributed by atoms with Crippen molar-refractivity contribution in [3.63, 3.8) is 0 Å². The number of hydrogen-bond acceptors (Lipinski definition) is 3. The van der Waals surface area contributed by atoms with Crippen LogP contribution in [-0.4, -0.2) is 34.7 Å². The van der Waals surface area contributed by atoms with Crippen molar-refractivity contribution >= 4 is 22.7 Å². The standard InChI is InChI=1S/C18H25N3O2/c1-18(2,3)23-17(22)21-8-6-12(7-9-21)16-11-13-10-14(19)4-5-15(13)20-16/h4-5,10-12,20H,6-9,19H2,1-3H3. The lowest BCUT2D eigenvalue weighted by Gasteiger charge is -2.33. The van der Waals surface area contributed by atoms with E-state index >= 15 is 0 Å². The Bertz CT molecular complexity index is 707. The van der Waals surface area contributed by atoms with Crippen molar-refractivity contribution in [2.45, 2.75) is 45.1 Å². The van der Waals surface area contributed by atoms with Gasteiger partial charge in [0.2, 0.25) is 0 Å². The Morgan fingerprint density at radius 2 is 1.96 bits per heavy atom. The molecule has 23 heavy (non-hydrogen) atoms. The van der Waals surface area contributed by atoms with Crippen molar-refractivity contribution in [2.24, 2.45) is 0 Å². The Morgan fingerprint density at radius 1 is 1.26 bits per heavy atom. The van der Waals surface area contributed by atoms with Crippen molar-refractivity contribution in [1.82, 2.24) is 9.88 Å². The van der Waals surface area contributed by atoms with Gasteiger partial charge in [-0.3, -0.25) is 0 Å². The van der Waals surface area contributed by atoms with Gasteiger partial charge < -0.3 is 20.4 Å². The highest BCUT2D eigenvalue weighted by atomic mass is 16.6. The second-order valence-electron chi connectivity index (χ2n) is 7.31. The van der Waals surface area contributed by atoms with E-state index in [1.165, 1.54) is 5.69 Å². The van der Waals surface area contributed by atoms with Gasteiger partial charge in [0, 0.05) is 41.3 Å². The number of nitrogen functional groups attached to an aromatic ring is 1. The maximum atomic E-state index is 12.1. The first-order valence-corrected chi connectivity index (χ1v) is 8.18. The third-order valence-electron chi connectivity index (χ3n) is 4.25. The minimum absolute atomic E-state index is 0.208. The van der Waals surface area contributed by atoms with Crippen LogP contribution in [0.3, 0.4) is 0 Å². The van der Waals surface area contributed by atoms with Crippen molar-refractivity contribution < 1.29 is 9.53 Å². The predicted octanol–water partition coefficient (Wildman–Crippen LogP) is 3.86. The van der Waals surface area contributed by atoms with Gasteiger partial charge in [0.25, 0.3) is 0 Å². The normalized spacial score (nSPS) is 16.7. The molecule has 1 fully saturated rings. The first-order valence-electron chi connectivity index (χ1n) is 8.18. The number of nitrogens with one attached hydrogen (secondary N) is 1. The van der Waals surface area contributed by atoms with Crippen LogP contribution < -0.4 is 5.73 Å². The molecule has 0 unspecified atom stereocenters. The molecule has 5 heteroatoms. The number of ether oxygens (including phenoxy) is 1. The van der Waals surface area contributed by atoms with Gasteiger partial charge in [-0.05, 0) is 57.9 Å². The van der Waals surface area contributed by atoms with E-state index in [0.717, 1.165) is 42.5 Å². The number of piperidine rings is 1. The van der Waals surface area contributed by atoms with Gasteiger partial charge in [-0.25, -0.2) is 4.79 Å². The van der Waals surface area contributed by atoms with Gasteiger partial charge in [-0.2, -0.15) is 0 Å². The minimum atomic E-state index is -0.439. The third kappa shape index (κ3) is 3.60. The van der Waals surface area contributed by atoms with Crippen LogP contribution in [-0.2, 0) is 4.74 Å². The third-order valence-corrected chi connectivity index (χ3v) is 4.25. The van der Waals surface area contributed by atoms with E-state index in [1.54, 1.807) is 0 Å². The van der Waals surface area contributed by atoms with Crippen molar-refractivity contribution in [3.05, 3.63) is 30.0 Å². The molecule has 0 spiro atoms. The van der Waals surface area contributed by atoms with Crippen LogP contribution in [0.4, 0.5) is 10.5 Å². The second kappa shape index (κ2) is 5.80. The van der Waals surface area contributed by atoms with Gasteiger partial charge in [-0.1, -0.05) is 0 Å². The lowest BCUT2D eigenvalue weighted by molar-refractivity contribution is 0.0204. The average Bonchev–Trinajstić information content (AvgIpc) is 2.88. The van der Waals surface area contributed by atoms with Crippen molar-refractivity contribution in [2.75, 3.05) is 18.8 Å². The van der Waals surface area contributed by atoms with Crippen LogP contribution in [0, 0.1) is 0 Å². The van der Waals surface area contributed by atoms with Crippen LogP contribution in [0.5, 0.6) is 0 Å². The summed E-state index contributed by atoms with van der Waals surface area (Å²) in [6.45, 7) is 7.16. The fourth-order valence-corrected chi connectivity index (χ4v) is 3.09. The van der Waals surface area contributed by atoms with Gasteiger partial charge in [0.1, 0.15) is 5.60 Å². The summed E-state index contributed by atoms with van der Waals surface area (Å²) in [7, 11) is 0. The van der Waals surface area contributed by atoms with Crippen LogP contribution in [0.15, 0.2) is 24.3 Å². The number of H-pyrrole nitrogens is 1. The lowest BCUT2D eigenvalue weighted by Crippen LogP contribution is -2.41. The molecular formula is C18H25N3O2. The molecule has 124 valence electrons. The van der Waals surface area contributed by atoms with Gasteiger partial charge in [0.05, 0.1) is 0 Å². The molecule has 1 saturated heterocycles. The molecule has 3 N–H and O–H groups in total. The maximum Gasteiger partial charge on any atom is 0.410 e. The molecule has 0 radical (unpaired) electrons. The molecule has 1 aromatic heterocycles. The number of nitrogens with zero attached hydrogens (tertiary/aromatic N) is 1. The summed E-state index contributed by atoms with van der Waals surface area (Å²) in [5.41, 5.74) is 8.53. The number of carbonyl (C=O) groups excluding carboxylic acids is 1. The number of amides is 1. The molecule has 5 nitrogen and oxygen atoms in total. The topological polar surface area (TPSA) is 71.3 Å². The first kappa shape index (κ1) is 15.7. The van der Waals surface area contributed by atoms with E-state index in [9.17, 15) is 4.79 Å². The summed E-state index contributed by atoms with van der Waals surface area (Å²) in [4.78, 5) is 17.4. The number of rotatable bonds is 1. The predicted molar refractivity (Wildman–Crippen MR) is 92.5 cm³/mol. The lowest BCUT2D eigenvalue weighted by atomic mass is 9.94. The van der Waals surface area contributed by atoms with E-state index in [4.69, 9.17) is 10.5 Å². The monoisotopic (exact) mass is 315 g/mol. The molecule has 0 saturated carbocycles. The molecule has 1 amide bonds. The number of fused-ring (bicyclic) bond motifs is 1. The van der Waals surface area contributed by atoms with E-state index in [1.807, 2.05) is 43.9 Å². The van der Waals surface area contributed by atoms with Crippen LogP contribution in [0.1, 0.15) is 45.2 Å². The van der Waals surface area contributed by atoms with Gasteiger partial charge in [0.15, 0.2) is 0 Å². The fourth-order valence-electron chi connectivity index (χ4n) is 3.09. The van der Waals surface area contributed by atoms with Crippen LogP contribution in [0.25, 0.3) is 10.9 Å². The summed E-state index contributed by atoms with van der Waals surface area (Å²) in [5, 5.41) is 1.15. The van der Waals surface area contributed by atoms with E-state index in [-0.39, 0.29) is 6.09 Å². The number of benzene rings is 1. The largest absolute Gasteiger partial charge is 0.444 e. The Hall–Kier alpha value is -2.17. The molecule has 0 aliphatic carbocycles. The highest BCUT2D eigenvalue weighted by Gasteiger charge is 2.28. The molecule has 1 aliphatic rings. The summed E-state index contributed by atoms with van der Waals surface area (Å²) in [5.74, 6) is 0.447. The van der Waals surface area contributed by atoms with Gasteiger partial charge in [-0.15, -0.1) is 0 Å². The number of aromatic nitrogens is 1. The summed E-state index contributed by atoms with van der Waals surface area (Å²) in [6, 6.07) is 8.10. The summed E-state index contributed by atoms with van der Waals surface area (Å²) < 4.78 is 5.44. The van der Waals surface area contributed by atoms with Crippen molar-refractivity contribution in [3.8, 4) is 0 Å². The number of hydrogen-bond donors (Lipinski definition) is 2. The Balaban J connectivity index is 1.65. The Morgan fingerprint density at radius 3 is 2.61 bits per heavy atom. The summed E-state index contributed by atoms with van der Waals surface area (Å²) >= 11 is 0. The first-order chi connectivity index (χ1) is 10.8. The van der Waals surface area contributed by atoms with E-state index < -0.39 is 5.60 Å². The zero-order valence-electron chi connectivity index (χ0n) is 14.1. The Kier molecular flexibility index (Phi) is 3.96. The molecule has 1 aromatic carbocycles. The van der Waals surface area contributed by atoms with Crippen LogP contribution >= 0.6 is 0 Å².